The van der Waals surface area contributed by atoms with Gasteiger partial charge in [-0.3, -0.25) is 4.79 Å². The van der Waals surface area contributed by atoms with Crippen molar-refractivity contribution >= 4 is 27.9 Å². The monoisotopic (exact) mass is 457 g/mol. The number of rotatable bonds is 5. The molecule has 1 aromatic carbocycles. The Bertz CT molecular complexity index is 685. The third-order valence-electron chi connectivity index (χ3n) is 5.07. The summed E-state index contributed by atoms with van der Waals surface area (Å²) in [5.41, 5.74) is 0.462. The van der Waals surface area contributed by atoms with Crippen molar-refractivity contribution in [2.24, 2.45) is 0 Å². The molecule has 28 heavy (non-hydrogen) atoms. The molecular weight excluding hydrogens is 429 g/mol. The number of piperidine rings is 1. The molecule has 1 aliphatic carbocycles. The van der Waals surface area contributed by atoms with Crippen LogP contribution in [0.2, 0.25) is 0 Å². The van der Waals surface area contributed by atoms with Crippen LogP contribution in [0.5, 0.6) is 0 Å². The first-order chi connectivity index (χ1) is 13.5. The van der Waals surface area contributed by atoms with Gasteiger partial charge in [0.2, 0.25) is 5.91 Å². The number of nitrogens with one attached hydrogen (secondary N) is 1. The van der Waals surface area contributed by atoms with E-state index in [1.54, 1.807) is 12.1 Å². The van der Waals surface area contributed by atoms with Crippen molar-refractivity contribution < 1.29 is 19.1 Å². The summed E-state index contributed by atoms with van der Waals surface area (Å²) in [5, 5.41) is 9.86. The Balaban J connectivity index is 0.00000136. The molecule has 1 aliphatic heterocycles. The second-order valence-electron chi connectivity index (χ2n) is 7.02. The highest BCUT2D eigenvalue weighted by atomic mass is 79.9. The van der Waals surface area contributed by atoms with E-state index in [0.29, 0.717) is 23.0 Å². The summed E-state index contributed by atoms with van der Waals surface area (Å²) in [6.45, 7) is 3.40. The van der Waals surface area contributed by atoms with Crippen LogP contribution < -0.4 is 5.32 Å². The minimum Gasteiger partial charge on any atom is -0.400 e. The van der Waals surface area contributed by atoms with Gasteiger partial charge in [0, 0.05) is 49.2 Å². The summed E-state index contributed by atoms with van der Waals surface area (Å²) in [7, 11) is 1.00. The highest BCUT2D eigenvalue weighted by molar-refractivity contribution is 9.10. The number of aliphatic hydroxyl groups excluding tert-OH is 1. The van der Waals surface area contributed by atoms with Crippen LogP contribution in [0, 0.1) is 5.82 Å². The van der Waals surface area contributed by atoms with E-state index in [0.717, 1.165) is 39.3 Å². The number of hydrogen-bond donors (Lipinski definition) is 2. The second kappa shape index (κ2) is 10.8. The molecule has 0 radical (unpaired) electrons. The Hall–Kier alpha value is -1.67. The highest BCUT2D eigenvalue weighted by Crippen LogP contribution is 2.31. The Morgan fingerprint density at radius 3 is 2.61 bits per heavy atom. The van der Waals surface area contributed by atoms with Crippen LogP contribution in [0.25, 0.3) is 0 Å². The van der Waals surface area contributed by atoms with E-state index in [4.69, 9.17) is 5.11 Å². The van der Waals surface area contributed by atoms with Gasteiger partial charge in [-0.2, -0.15) is 0 Å². The summed E-state index contributed by atoms with van der Waals surface area (Å²) >= 11 is 3.23. The lowest BCUT2D eigenvalue weighted by Crippen LogP contribution is -2.54. The minimum atomic E-state index is -0.338. The molecule has 2 aliphatic rings. The van der Waals surface area contributed by atoms with Crippen LogP contribution in [0.4, 0.5) is 9.18 Å². The molecule has 156 valence electrons. The van der Waals surface area contributed by atoms with Crippen molar-refractivity contribution in [1.29, 1.82) is 0 Å². The lowest BCUT2D eigenvalue weighted by Gasteiger charge is -2.39. The summed E-state index contributed by atoms with van der Waals surface area (Å²) in [4.78, 5) is 28.6. The number of likely N-dealkylation sites (tertiary alicyclic amines) is 1. The van der Waals surface area contributed by atoms with Gasteiger partial charge >= 0.3 is 6.03 Å². The maximum absolute atomic E-state index is 14.0. The fraction of sp³-hybridized carbons (Fsp3) is 0.600. The summed E-state index contributed by atoms with van der Waals surface area (Å²) in [6.07, 6.45) is 4.31. The fourth-order valence-corrected chi connectivity index (χ4v) is 3.87. The molecule has 1 saturated heterocycles. The van der Waals surface area contributed by atoms with Crippen LogP contribution in [0.15, 0.2) is 22.7 Å². The summed E-state index contributed by atoms with van der Waals surface area (Å²) in [6, 6.07) is 4.95. The molecule has 0 unspecified atom stereocenters. The molecule has 1 aromatic rings. The van der Waals surface area contributed by atoms with Gasteiger partial charge in [-0.25, -0.2) is 9.18 Å². The van der Waals surface area contributed by atoms with Crippen molar-refractivity contribution in [3.8, 4) is 0 Å². The molecule has 1 saturated carbocycles. The maximum atomic E-state index is 14.0. The smallest absolute Gasteiger partial charge is 0.318 e. The number of benzene rings is 1. The quantitative estimate of drug-likeness (QED) is 0.712. The summed E-state index contributed by atoms with van der Waals surface area (Å²) in [5.74, 6) is -0.196. The first-order valence-electron chi connectivity index (χ1n) is 9.72. The van der Waals surface area contributed by atoms with Crippen molar-refractivity contribution in [2.45, 2.75) is 57.7 Å². The number of hydrogen-bond acceptors (Lipinski definition) is 3. The van der Waals surface area contributed by atoms with Crippen molar-refractivity contribution in [2.75, 3.05) is 20.2 Å². The van der Waals surface area contributed by atoms with E-state index in [1.807, 2.05) is 16.7 Å². The topological polar surface area (TPSA) is 72.9 Å². The third-order valence-corrected chi connectivity index (χ3v) is 5.56. The number of carbonyl (C=O) groups is 2. The number of amides is 3. The number of urea groups is 1. The number of nitrogens with zero attached hydrogens (tertiary/aromatic N) is 2. The molecule has 2 fully saturated rings. The molecule has 6 nitrogen and oxygen atoms in total. The van der Waals surface area contributed by atoms with Gasteiger partial charge in [0.25, 0.3) is 0 Å². The van der Waals surface area contributed by atoms with E-state index in [1.165, 1.54) is 6.07 Å². The average molecular weight is 458 g/mol. The van der Waals surface area contributed by atoms with Crippen LogP contribution >= 0.6 is 15.9 Å². The molecule has 8 heteroatoms. The first-order valence-corrected chi connectivity index (χ1v) is 10.5. The third kappa shape index (κ3) is 5.91. The van der Waals surface area contributed by atoms with Gasteiger partial charge in [-0.1, -0.05) is 28.9 Å². The molecule has 0 aromatic heterocycles. The lowest BCUT2D eigenvalue weighted by atomic mass is 10.0. The van der Waals surface area contributed by atoms with E-state index in [9.17, 15) is 14.0 Å². The molecule has 1 atom stereocenters. The van der Waals surface area contributed by atoms with Gasteiger partial charge in [-0.05, 0) is 37.8 Å². The highest BCUT2D eigenvalue weighted by Gasteiger charge is 2.39. The average Bonchev–Trinajstić information content (AvgIpc) is 3.53. The summed E-state index contributed by atoms with van der Waals surface area (Å²) < 4.78 is 14.6. The Morgan fingerprint density at radius 1 is 1.29 bits per heavy atom. The van der Waals surface area contributed by atoms with Gasteiger partial charge in [0.05, 0.1) is 6.04 Å². The Kier molecular flexibility index (Phi) is 8.69. The molecule has 3 rings (SSSR count). The van der Waals surface area contributed by atoms with Gasteiger partial charge in [-0.15, -0.1) is 0 Å². The fourth-order valence-electron chi connectivity index (χ4n) is 3.54. The van der Waals surface area contributed by atoms with Gasteiger partial charge in [0.15, 0.2) is 0 Å². The van der Waals surface area contributed by atoms with Crippen molar-refractivity contribution in [1.82, 2.24) is 15.1 Å². The van der Waals surface area contributed by atoms with E-state index in [-0.39, 0.29) is 36.4 Å². The van der Waals surface area contributed by atoms with Gasteiger partial charge < -0.3 is 20.2 Å². The molecule has 1 heterocycles. The predicted octanol–water partition coefficient (Wildman–Crippen LogP) is 3.27. The maximum Gasteiger partial charge on any atom is 0.318 e. The second-order valence-corrected chi connectivity index (χ2v) is 7.94. The van der Waals surface area contributed by atoms with Gasteiger partial charge in [0.1, 0.15) is 5.82 Å². The van der Waals surface area contributed by atoms with Crippen LogP contribution in [-0.2, 0) is 11.3 Å². The largest absolute Gasteiger partial charge is 0.400 e. The number of carbonyl (C=O) groups excluding carboxylic acids is 2. The lowest BCUT2D eigenvalue weighted by molar-refractivity contribution is -0.132. The predicted molar refractivity (Wildman–Crippen MR) is 109 cm³/mol. The van der Waals surface area contributed by atoms with Crippen molar-refractivity contribution in [3.05, 3.63) is 34.1 Å². The SMILES string of the molecule is CCC(=O)N1CCC[C@@H](N(C(=O)NCc2ccc(Br)cc2F)C2CC2)C1.CO. The zero-order valence-corrected chi connectivity index (χ0v) is 18.0. The molecular formula is C20H29BrFN3O3. The van der Waals surface area contributed by atoms with E-state index < -0.39 is 0 Å². The van der Waals surface area contributed by atoms with Crippen LogP contribution in [0.1, 0.15) is 44.6 Å². The van der Waals surface area contributed by atoms with Crippen molar-refractivity contribution in [3.63, 3.8) is 0 Å². The zero-order valence-electron chi connectivity index (χ0n) is 16.5. The molecule has 0 spiro atoms. The Labute approximate surface area is 174 Å². The molecule has 0 bridgehead atoms. The molecule has 3 amide bonds. The Morgan fingerprint density at radius 2 is 2.00 bits per heavy atom. The van der Waals surface area contributed by atoms with E-state index >= 15 is 0 Å². The number of halogens is 2. The van der Waals surface area contributed by atoms with Crippen LogP contribution in [0.3, 0.4) is 0 Å². The standard InChI is InChI=1S/C19H25BrFN3O2.CH4O/c1-2-18(25)23-9-3-4-16(12-23)24(15-7-8-15)19(26)22-11-13-5-6-14(20)10-17(13)21;1-2/h5-6,10,15-16H,2-4,7-9,11-12H2,1H3,(H,22,26);2H,1H3/t16-;/m1./s1. The zero-order chi connectivity index (χ0) is 20.7. The van der Waals surface area contributed by atoms with Crippen LogP contribution in [-0.4, -0.2) is 59.1 Å². The molecule has 2 N–H and O–H groups in total. The van der Waals surface area contributed by atoms with E-state index in [2.05, 4.69) is 21.2 Å². The number of aliphatic hydroxyl groups is 1. The minimum absolute atomic E-state index is 0.0431. The normalized spacial score (nSPS) is 18.8. The first kappa shape index (κ1) is 22.6.